The van der Waals surface area contributed by atoms with Crippen molar-refractivity contribution in [2.75, 3.05) is 6.54 Å². The molecular formula is C16H12BrNOS. The Bertz CT molecular complexity index is 665. The van der Waals surface area contributed by atoms with Gasteiger partial charge in [-0.15, -0.1) is 11.3 Å². The minimum atomic E-state index is -0.142. The molecule has 4 heteroatoms. The fourth-order valence-corrected chi connectivity index (χ4v) is 2.76. The molecule has 0 atom stereocenters. The van der Waals surface area contributed by atoms with Crippen LogP contribution in [0.3, 0.4) is 0 Å². The zero-order chi connectivity index (χ0) is 14.2. The number of hydrogen-bond acceptors (Lipinski definition) is 2. The highest BCUT2D eigenvalue weighted by Gasteiger charge is 1.95. The monoisotopic (exact) mass is 345 g/mol. The van der Waals surface area contributed by atoms with E-state index in [1.165, 1.54) is 6.08 Å². The predicted octanol–water partition coefficient (Wildman–Crippen LogP) is 3.69. The topological polar surface area (TPSA) is 29.1 Å². The number of carbonyl (C=O) groups is 1. The Morgan fingerprint density at radius 2 is 2.05 bits per heavy atom. The van der Waals surface area contributed by atoms with Crippen LogP contribution in [0.1, 0.15) is 10.4 Å². The van der Waals surface area contributed by atoms with E-state index in [0.717, 1.165) is 14.2 Å². The van der Waals surface area contributed by atoms with Gasteiger partial charge < -0.3 is 5.32 Å². The highest BCUT2D eigenvalue weighted by Crippen LogP contribution is 2.22. The van der Waals surface area contributed by atoms with Crippen LogP contribution in [0.2, 0.25) is 0 Å². The first kappa shape index (κ1) is 14.6. The van der Waals surface area contributed by atoms with Crippen LogP contribution in [-0.2, 0) is 4.79 Å². The molecule has 1 heterocycles. The van der Waals surface area contributed by atoms with Gasteiger partial charge in [-0.2, -0.15) is 0 Å². The average molecular weight is 346 g/mol. The number of halogens is 1. The Kier molecular flexibility index (Phi) is 5.60. The Morgan fingerprint density at radius 1 is 1.25 bits per heavy atom. The minimum absolute atomic E-state index is 0.142. The van der Waals surface area contributed by atoms with Crippen molar-refractivity contribution in [3.05, 3.63) is 62.8 Å². The van der Waals surface area contributed by atoms with Crippen molar-refractivity contribution in [3.8, 4) is 11.8 Å². The lowest BCUT2D eigenvalue weighted by molar-refractivity contribution is -0.116. The van der Waals surface area contributed by atoms with Crippen molar-refractivity contribution in [2.24, 2.45) is 0 Å². The normalized spacial score (nSPS) is 10.1. The molecule has 1 aromatic carbocycles. The van der Waals surface area contributed by atoms with E-state index in [1.54, 1.807) is 17.4 Å². The van der Waals surface area contributed by atoms with Gasteiger partial charge in [0.15, 0.2) is 0 Å². The molecule has 1 aromatic heterocycles. The van der Waals surface area contributed by atoms with Gasteiger partial charge in [-0.1, -0.05) is 30.0 Å². The lowest BCUT2D eigenvalue weighted by Crippen LogP contribution is -2.20. The van der Waals surface area contributed by atoms with Gasteiger partial charge in [-0.25, -0.2) is 0 Å². The van der Waals surface area contributed by atoms with Gasteiger partial charge in [-0.05, 0) is 46.3 Å². The van der Waals surface area contributed by atoms with Gasteiger partial charge in [0.05, 0.1) is 10.3 Å². The third-order valence-electron chi connectivity index (χ3n) is 2.35. The lowest BCUT2D eigenvalue weighted by atomic mass is 10.2. The number of nitrogens with one attached hydrogen (secondary N) is 1. The van der Waals surface area contributed by atoms with Crippen molar-refractivity contribution in [3.63, 3.8) is 0 Å². The molecule has 0 spiro atoms. The van der Waals surface area contributed by atoms with Crippen LogP contribution in [0.4, 0.5) is 0 Å². The van der Waals surface area contributed by atoms with Crippen molar-refractivity contribution in [1.82, 2.24) is 5.32 Å². The summed E-state index contributed by atoms with van der Waals surface area (Å²) in [6.45, 7) is 0.339. The van der Waals surface area contributed by atoms with Gasteiger partial charge in [0.1, 0.15) is 0 Å². The zero-order valence-corrected chi connectivity index (χ0v) is 13.0. The zero-order valence-electron chi connectivity index (χ0n) is 10.6. The Labute approximate surface area is 130 Å². The van der Waals surface area contributed by atoms with Crippen LogP contribution in [0.5, 0.6) is 0 Å². The first-order valence-corrected chi connectivity index (χ1v) is 7.60. The highest BCUT2D eigenvalue weighted by molar-refractivity contribution is 9.11. The van der Waals surface area contributed by atoms with E-state index in [9.17, 15) is 4.79 Å². The molecule has 0 radical (unpaired) electrons. The summed E-state index contributed by atoms with van der Waals surface area (Å²) in [5.74, 6) is 5.76. The van der Waals surface area contributed by atoms with E-state index >= 15 is 0 Å². The number of benzene rings is 1. The molecule has 0 saturated carbocycles. The number of hydrogen-bond donors (Lipinski definition) is 1. The summed E-state index contributed by atoms with van der Waals surface area (Å²) in [6, 6.07) is 13.6. The van der Waals surface area contributed by atoms with Crippen LogP contribution in [-0.4, -0.2) is 12.5 Å². The van der Waals surface area contributed by atoms with Gasteiger partial charge in [0, 0.05) is 16.5 Å². The molecule has 20 heavy (non-hydrogen) atoms. The molecular weight excluding hydrogens is 334 g/mol. The number of thiophene rings is 1. The fraction of sp³-hybridized carbons (Fsp3) is 0.0625. The second-order valence-corrected chi connectivity index (χ2v) is 6.36. The maximum absolute atomic E-state index is 11.6. The molecule has 100 valence electrons. The largest absolute Gasteiger partial charge is 0.342 e. The van der Waals surface area contributed by atoms with E-state index in [4.69, 9.17) is 0 Å². The van der Waals surface area contributed by atoms with E-state index in [0.29, 0.717) is 6.54 Å². The Hall–Kier alpha value is -1.83. The SMILES string of the molecule is O=C(/C=C/c1ccc(Br)s1)NCC#Cc1ccccc1. The molecule has 0 unspecified atom stereocenters. The highest BCUT2D eigenvalue weighted by atomic mass is 79.9. The van der Waals surface area contributed by atoms with Crippen LogP contribution in [0.25, 0.3) is 6.08 Å². The van der Waals surface area contributed by atoms with Gasteiger partial charge >= 0.3 is 0 Å². The summed E-state index contributed by atoms with van der Waals surface area (Å²) in [5, 5.41) is 2.72. The molecule has 2 nitrogen and oxygen atoms in total. The summed E-state index contributed by atoms with van der Waals surface area (Å²) in [6.07, 6.45) is 3.30. The lowest BCUT2D eigenvalue weighted by Gasteiger charge is -1.94. The molecule has 2 aromatic rings. The average Bonchev–Trinajstić information content (AvgIpc) is 2.88. The van der Waals surface area contributed by atoms with Crippen molar-refractivity contribution in [1.29, 1.82) is 0 Å². The molecule has 2 rings (SSSR count). The molecule has 0 aliphatic carbocycles. The smallest absolute Gasteiger partial charge is 0.244 e. The quantitative estimate of drug-likeness (QED) is 0.667. The number of amides is 1. The van der Waals surface area contributed by atoms with Crippen molar-refractivity contribution < 1.29 is 4.79 Å². The van der Waals surface area contributed by atoms with Crippen molar-refractivity contribution >= 4 is 39.2 Å². The third kappa shape index (κ3) is 5.04. The van der Waals surface area contributed by atoms with E-state index in [-0.39, 0.29) is 5.91 Å². The fourth-order valence-electron chi connectivity index (χ4n) is 1.43. The third-order valence-corrected chi connectivity index (χ3v) is 3.94. The van der Waals surface area contributed by atoms with Crippen LogP contribution in [0.15, 0.2) is 52.3 Å². The van der Waals surface area contributed by atoms with Crippen LogP contribution in [0, 0.1) is 11.8 Å². The maximum atomic E-state index is 11.6. The van der Waals surface area contributed by atoms with E-state index < -0.39 is 0 Å². The molecule has 0 saturated heterocycles. The predicted molar refractivity (Wildman–Crippen MR) is 87.4 cm³/mol. The number of carbonyl (C=O) groups excluding carboxylic acids is 1. The molecule has 1 amide bonds. The van der Waals surface area contributed by atoms with Gasteiger partial charge in [0.25, 0.3) is 0 Å². The van der Waals surface area contributed by atoms with Crippen LogP contribution < -0.4 is 5.32 Å². The maximum Gasteiger partial charge on any atom is 0.244 e. The molecule has 0 aliphatic rings. The summed E-state index contributed by atoms with van der Waals surface area (Å²) in [5.41, 5.74) is 0.945. The molecule has 1 N–H and O–H groups in total. The standard InChI is InChI=1S/C16H12BrNOS/c17-15-10-8-14(20-15)9-11-16(19)18-12-4-7-13-5-2-1-3-6-13/h1-3,5-6,8-11H,12H2,(H,18,19)/b11-9+. The van der Waals surface area contributed by atoms with Gasteiger partial charge in [-0.3, -0.25) is 4.79 Å². The molecule has 0 bridgehead atoms. The first-order valence-electron chi connectivity index (χ1n) is 5.99. The van der Waals surface area contributed by atoms with Crippen LogP contribution >= 0.6 is 27.3 Å². The first-order chi connectivity index (χ1) is 9.74. The van der Waals surface area contributed by atoms with E-state index in [1.807, 2.05) is 42.5 Å². The summed E-state index contributed by atoms with van der Waals surface area (Å²) >= 11 is 4.96. The second kappa shape index (κ2) is 7.68. The Morgan fingerprint density at radius 3 is 2.75 bits per heavy atom. The van der Waals surface area contributed by atoms with E-state index in [2.05, 4.69) is 33.1 Å². The molecule has 0 fully saturated rings. The second-order valence-electron chi connectivity index (χ2n) is 3.86. The summed E-state index contributed by atoms with van der Waals surface area (Å²) in [7, 11) is 0. The molecule has 0 aliphatic heterocycles. The summed E-state index contributed by atoms with van der Waals surface area (Å²) < 4.78 is 1.05. The van der Waals surface area contributed by atoms with Crippen molar-refractivity contribution in [2.45, 2.75) is 0 Å². The Balaban J connectivity index is 1.78. The number of rotatable bonds is 3. The van der Waals surface area contributed by atoms with Gasteiger partial charge in [0.2, 0.25) is 5.91 Å². The minimum Gasteiger partial charge on any atom is -0.342 e. The summed E-state index contributed by atoms with van der Waals surface area (Å²) in [4.78, 5) is 12.6.